The molecule has 2 heterocycles. The lowest BCUT2D eigenvalue weighted by Crippen LogP contribution is -2.08. The van der Waals surface area contributed by atoms with Crippen molar-refractivity contribution in [2.45, 2.75) is 0 Å². The van der Waals surface area contributed by atoms with Crippen LogP contribution in [-0.2, 0) is 4.74 Å². The fourth-order valence-corrected chi connectivity index (χ4v) is 2.76. The highest BCUT2D eigenvalue weighted by Gasteiger charge is 2.12. The molecule has 0 unspecified atom stereocenters. The van der Waals surface area contributed by atoms with E-state index in [-0.39, 0.29) is 0 Å². The minimum absolute atomic E-state index is 0.335. The van der Waals surface area contributed by atoms with E-state index in [1.54, 1.807) is 25.6 Å². The maximum atomic E-state index is 11.5. The minimum Gasteiger partial charge on any atom is -0.497 e. The molecule has 7 heteroatoms. The molecule has 0 N–H and O–H groups in total. The smallest absolute Gasteiger partial charge is 0.497 e. The Morgan fingerprint density at radius 3 is 2.77 bits per heavy atom. The lowest BCUT2D eigenvalue weighted by Gasteiger charge is -2.09. The first-order valence-corrected chi connectivity index (χ1v) is 7.86. The van der Waals surface area contributed by atoms with E-state index in [9.17, 15) is 4.79 Å². The first kappa shape index (κ1) is 15.9. The quantitative estimate of drug-likeness (QED) is 0.414. The molecule has 0 amide bonds. The number of fused-ring (bicyclic) bond motifs is 2. The molecule has 4 rings (SSSR count). The van der Waals surface area contributed by atoms with Crippen LogP contribution in [0.4, 0.5) is 4.79 Å². The highest BCUT2D eigenvalue weighted by Crippen LogP contribution is 2.27. The SMILES string of the molecule is COC(=O)Oc1cccc2ccc(-n3cnc4cc(OC)ccc43)nc12. The Labute approximate surface area is 148 Å². The number of ether oxygens (including phenoxy) is 3. The highest BCUT2D eigenvalue weighted by atomic mass is 16.7. The average molecular weight is 349 g/mol. The highest BCUT2D eigenvalue weighted by molar-refractivity contribution is 5.87. The second-order valence-corrected chi connectivity index (χ2v) is 5.52. The Hall–Kier alpha value is -3.61. The van der Waals surface area contributed by atoms with Crippen molar-refractivity contribution in [2.24, 2.45) is 0 Å². The molecule has 0 aliphatic rings. The summed E-state index contributed by atoms with van der Waals surface area (Å²) < 4.78 is 16.9. The Balaban J connectivity index is 1.85. The number of hydrogen-bond acceptors (Lipinski definition) is 6. The maximum Gasteiger partial charge on any atom is 0.513 e. The molecule has 0 fully saturated rings. The number of benzene rings is 2. The zero-order valence-corrected chi connectivity index (χ0v) is 14.2. The predicted molar refractivity (Wildman–Crippen MR) is 96.0 cm³/mol. The van der Waals surface area contributed by atoms with Gasteiger partial charge in [0.1, 0.15) is 23.4 Å². The molecule has 130 valence electrons. The number of rotatable bonds is 3. The van der Waals surface area contributed by atoms with Gasteiger partial charge in [0.2, 0.25) is 0 Å². The van der Waals surface area contributed by atoms with Gasteiger partial charge in [-0.2, -0.15) is 0 Å². The van der Waals surface area contributed by atoms with Crippen molar-refractivity contribution in [3.63, 3.8) is 0 Å². The van der Waals surface area contributed by atoms with Gasteiger partial charge in [-0.15, -0.1) is 0 Å². The van der Waals surface area contributed by atoms with Crippen LogP contribution in [0, 0.1) is 0 Å². The van der Waals surface area contributed by atoms with Crippen LogP contribution in [0.1, 0.15) is 0 Å². The molecule has 0 aliphatic carbocycles. The molecule has 26 heavy (non-hydrogen) atoms. The number of pyridine rings is 1. The summed E-state index contributed by atoms with van der Waals surface area (Å²) in [4.78, 5) is 20.5. The van der Waals surface area contributed by atoms with E-state index < -0.39 is 6.16 Å². The van der Waals surface area contributed by atoms with E-state index >= 15 is 0 Å². The van der Waals surface area contributed by atoms with E-state index in [1.165, 1.54) is 7.11 Å². The molecule has 2 aromatic carbocycles. The van der Waals surface area contributed by atoms with Crippen LogP contribution in [0.2, 0.25) is 0 Å². The standard InChI is InChI=1S/C19H15N3O4/c1-24-13-7-8-15-14(10-13)20-11-22(15)17-9-6-12-4-3-5-16(18(12)21-17)26-19(23)25-2/h3-11H,1-2H3. The lowest BCUT2D eigenvalue weighted by atomic mass is 10.2. The summed E-state index contributed by atoms with van der Waals surface area (Å²) in [6.07, 6.45) is 0.909. The summed E-state index contributed by atoms with van der Waals surface area (Å²) in [5.41, 5.74) is 2.25. The van der Waals surface area contributed by atoms with Crippen LogP contribution < -0.4 is 9.47 Å². The number of hydrogen-bond donors (Lipinski definition) is 0. The van der Waals surface area contributed by atoms with Crippen LogP contribution in [-0.4, -0.2) is 34.9 Å². The molecule has 0 saturated carbocycles. The Morgan fingerprint density at radius 1 is 1.08 bits per heavy atom. The third kappa shape index (κ3) is 2.69. The van der Waals surface area contributed by atoms with Gasteiger partial charge >= 0.3 is 6.16 Å². The number of carbonyl (C=O) groups excluding carboxylic acids is 1. The van der Waals surface area contributed by atoms with Crippen LogP contribution in [0.5, 0.6) is 11.5 Å². The molecule has 7 nitrogen and oxygen atoms in total. The lowest BCUT2D eigenvalue weighted by molar-refractivity contribution is 0.122. The van der Waals surface area contributed by atoms with Crippen molar-refractivity contribution in [1.29, 1.82) is 0 Å². The number of methoxy groups -OCH3 is 2. The van der Waals surface area contributed by atoms with Crippen molar-refractivity contribution in [2.75, 3.05) is 14.2 Å². The summed E-state index contributed by atoms with van der Waals surface area (Å²) in [6.45, 7) is 0. The number of nitrogens with zero attached hydrogens (tertiary/aromatic N) is 3. The molecule has 4 aromatic rings. The van der Waals surface area contributed by atoms with Crippen molar-refractivity contribution in [3.05, 3.63) is 54.9 Å². The zero-order chi connectivity index (χ0) is 18.1. The second kappa shape index (κ2) is 6.36. The van der Waals surface area contributed by atoms with Crippen molar-refractivity contribution >= 4 is 28.1 Å². The molecule has 0 bridgehead atoms. The molecule has 0 spiro atoms. The van der Waals surface area contributed by atoms with Gasteiger partial charge in [0.25, 0.3) is 0 Å². The Morgan fingerprint density at radius 2 is 1.96 bits per heavy atom. The van der Waals surface area contributed by atoms with Gasteiger partial charge < -0.3 is 14.2 Å². The predicted octanol–water partition coefficient (Wildman–Crippen LogP) is 3.73. The summed E-state index contributed by atoms with van der Waals surface area (Å²) in [6, 6.07) is 14.8. The van der Waals surface area contributed by atoms with Crippen LogP contribution in [0.25, 0.3) is 27.8 Å². The molecular formula is C19H15N3O4. The van der Waals surface area contributed by atoms with Gasteiger partial charge in [0, 0.05) is 11.5 Å². The molecule has 2 aromatic heterocycles. The first-order chi connectivity index (χ1) is 12.7. The van der Waals surface area contributed by atoms with Crippen molar-refractivity contribution in [3.8, 4) is 17.3 Å². The molecular weight excluding hydrogens is 334 g/mol. The van der Waals surface area contributed by atoms with Crippen LogP contribution >= 0.6 is 0 Å². The van der Waals surface area contributed by atoms with Gasteiger partial charge in [-0.25, -0.2) is 14.8 Å². The van der Waals surface area contributed by atoms with Gasteiger partial charge in [0.05, 0.1) is 25.3 Å². The van der Waals surface area contributed by atoms with Gasteiger partial charge in [-0.1, -0.05) is 12.1 Å². The molecule has 0 saturated heterocycles. The first-order valence-electron chi connectivity index (χ1n) is 7.86. The minimum atomic E-state index is -0.787. The number of para-hydroxylation sites is 1. The summed E-state index contributed by atoms with van der Waals surface area (Å²) in [7, 11) is 2.88. The summed E-state index contributed by atoms with van der Waals surface area (Å²) in [5, 5.41) is 0.848. The van der Waals surface area contributed by atoms with E-state index in [2.05, 4.69) is 14.7 Å². The molecule has 0 atom stereocenters. The van der Waals surface area contributed by atoms with E-state index in [0.29, 0.717) is 17.1 Å². The van der Waals surface area contributed by atoms with Gasteiger partial charge in [-0.3, -0.25) is 4.57 Å². The molecule has 0 radical (unpaired) electrons. The normalized spacial score (nSPS) is 10.8. The number of carbonyl (C=O) groups is 1. The fraction of sp³-hybridized carbons (Fsp3) is 0.105. The number of imidazole rings is 1. The van der Waals surface area contributed by atoms with Crippen LogP contribution in [0.15, 0.2) is 54.9 Å². The summed E-state index contributed by atoms with van der Waals surface area (Å²) in [5.74, 6) is 1.73. The summed E-state index contributed by atoms with van der Waals surface area (Å²) >= 11 is 0. The third-order valence-corrected chi connectivity index (χ3v) is 4.03. The average Bonchev–Trinajstić information content (AvgIpc) is 3.10. The van der Waals surface area contributed by atoms with Gasteiger partial charge in [0.15, 0.2) is 5.75 Å². The third-order valence-electron chi connectivity index (χ3n) is 4.03. The maximum absolute atomic E-state index is 11.5. The van der Waals surface area contributed by atoms with Crippen LogP contribution in [0.3, 0.4) is 0 Å². The Bertz CT molecular complexity index is 1120. The largest absolute Gasteiger partial charge is 0.513 e. The Kier molecular flexibility index (Phi) is 3.89. The van der Waals surface area contributed by atoms with E-state index in [4.69, 9.17) is 9.47 Å². The monoisotopic (exact) mass is 349 g/mol. The van der Waals surface area contributed by atoms with Crippen molar-refractivity contribution in [1.82, 2.24) is 14.5 Å². The second-order valence-electron chi connectivity index (χ2n) is 5.52. The van der Waals surface area contributed by atoms with E-state index in [1.807, 2.05) is 41.0 Å². The zero-order valence-electron chi connectivity index (χ0n) is 14.2. The van der Waals surface area contributed by atoms with Gasteiger partial charge in [-0.05, 0) is 30.3 Å². The van der Waals surface area contributed by atoms with E-state index in [0.717, 1.165) is 22.2 Å². The molecule has 0 aliphatic heterocycles. The topological polar surface area (TPSA) is 75.5 Å². The fourth-order valence-electron chi connectivity index (χ4n) is 2.76. The van der Waals surface area contributed by atoms with Crippen molar-refractivity contribution < 1.29 is 19.0 Å². The number of aromatic nitrogens is 3.